The summed E-state index contributed by atoms with van der Waals surface area (Å²) in [6.45, 7) is 0. The molecule has 1 heterocycles. The molecular formula is C10H11F2N3O. The molecule has 0 aliphatic heterocycles. The molecule has 2 aliphatic rings. The van der Waals surface area contributed by atoms with Crippen LogP contribution in [-0.4, -0.2) is 23.2 Å². The molecule has 0 aromatic carbocycles. The van der Waals surface area contributed by atoms with Crippen molar-refractivity contribution < 1.29 is 13.6 Å². The number of carbonyl (C=O) groups excluding carboxylic acids is 1. The SMILES string of the molecule is CNC(=O)c1n[nH]c2c1C1CC[C@H]1C2(F)F. The van der Waals surface area contributed by atoms with E-state index in [0.29, 0.717) is 12.0 Å². The molecule has 6 heteroatoms. The van der Waals surface area contributed by atoms with Gasteiger partial charge in [0, 0.05) is 18.5 Å². The average Bonchev–Trinajstić information content (AvgIpc) is 2.63. The van der Waals surface area contributed by atoms with Gasteiger partial charge in [0.25, 0.3) is 11.8 Å². The Morgan fingerprint density at radius 1 is 1.56 bits per heavy atom. The Hall–Kier alpha value is -1.46. The van der Waals surface area contributed by atoms with Gasteiger partial charge < -0.3 is 5.32 Å². The lowest BCUT2D eigenvalue weighted by molar-refractivity contribution is -0.0906. The summed E-state index contributed by atoms with van der Waals surface area (Å²) in [5, 5.41) is 8.46. The van der Waals surface area contributed by atoms with Crippen molar-refractivity contribution in [3.8, 4) is 0 Å². The summed E-state index contributed by atoms with van der Waals surface area (Å²) in [6, 6.07) is 0. The number of fused-ring (bicyclic) bond motifs is 3. The van der Waals surface area contributed by atoms with Crippen molar-refractivity contribution in [1.82, 2.24) is 15.5 Å². The van der Waals surface area contributed by atoms with Crippen molar-refractivity contribution in [1.29, 1.82) is 0 Å². The van der Waals surface area contributed by atoms with Crippen LogP contribution in [0.25, 0.3) is 0 Å². The van der Waals surface area contributed by atoms with Crippen molar-refractivity contribution in [3.63, 3.8) is 0 Å². The fourth-order valence-corrected chi connectivity index (χ4v) is 2.72. The lowest BCUT2D eigenvalue weighted by Crippen LogP contribution is -2.31. The van der Waals surface area contributed by atoms with Crippen molar-refractivity contribution in [2.24, 2.45) is 5.92 Å². The van der Waals surface area contributed by atoms with E-state index >= 15 is 0 Å². The minimum absolute atomic E-state index is 0.129. The van der Waals surface area contributed by atoms with Crippen LogP contribution < -0.4 is 5.32 Å². The molecule has 16 heavy (non-hydrogen) atoms. The van der Waals surface area contributed by atoms with E-state index in [2.05, 4.69) is 15.5 Å². The molecule has 86 valence electrons. The summed E-state index contributed by atoms with van der Waals surface area (Å²) in [4.78, 5) is 11.5. The molecule has 1 unspecified atom stereocenters. The number of aromatic nitrogens is 2. The van der Waals surface area contributed by atoms with Gasteiger partial charge in [-0.15, -0.1) is 0 Å². The summed E-state index contributed by atoms with van der Waals surface area (Å²) in [5.74, 6) is -4.09. The summed E-state index contributed by atoms with van der Waals surface area (Å²) < 4.78 is 27.6. The fourth-order valence-electron chi connectivity index (χ4n) is 2.72. The molecule has 1 fully saturated rings. The Bertz CT molecular complexity index is 469. The molecule has 1 aromatic heterocycles. The van der Waals surface area contributed by atoms with Gasteiger partial charge in [0.05, 0.1) is 0 Å². The molecule has 1 saturated carbocycles. The molecule has 4 nitrogen and oxygen atoms in total. The van der Waals surface area contributed by atoms with Gasteiger partial charge in [-0.25, -0.2) is 0 Å². The monoisotopic (exact) mass is 227 g/mol. The van der Waals surface area contributed by atoms with E-state index in [9.17, 15) is 13.6 Å². The highest BCUT2D eigenvalue weighted by Crippen LogP contribution is 2.62. The molecule has 0 radical (unpaired) electrons. The number of amides is 1. The van der Waals surface area contributed by atoms with Crippen LogP contribution in [0.1, 0.15) is 40.5 Å². The van der Waals surface area contributed by atoms with E-state index in [1.807, 2.05) is 0 Å². The number of halogens is 2. The van der Waals surface area contributed by atoms with Gasteiger partial charge in [0.2, 0.25) is 0 Å². The van der Waals surface area contributed by atoms with Crippen LogP contribution in [0.3, 0.4) is 0 Å². The van der Waals surface area contributed by atoms with Crippen LogP contribution >= 0.6 is 0 Å². The van der Waals surface area contributed by atoms with Crippen molar-refractivity contribution >= 4 is 5.91 Å². The number of hydrogen-bond acceptors (Lipinski definition) is 2. The van der Waals surface area contributed by atoms with E-state index in [4.69, 9.17) is 0 Å². The van der Waals surface area contributed by atoms with Crippen LogP contribution in [0.15, 0.2) is 0 Å². The zero-order chi connectivity index (χ0) is 11.5. The highest BCUT2D eigenvalue weighted by Gasteiger charge is 2.61. The Morgan fingerprint density at radius 2 is 2.31 bits per heavy atom. The third kappa shape index (κ3) is 0.923. The molecule has 3 rings (SSSR count). The maximum Gasteiger partial charge on any atom is 0.292 e. The minimum Gasteiger partial charge on any atom is -0.354 e. The molecule has 0 saturated heterocycles. The second-order valence-electron chi connectivity index (χ2n) is 4.35. The van der Waals surface area contributed by atoms with Gasteiger partial charge >= 0.3 is 0 Å². The zero-order valence-corrected chi connectivity index (χ0v) is 8.68. The smallest absolute Gasteiger partial charge is 0.292 e. The third-order valence-electron chi connectivity index (χ3n) is 3.69. The van der Waals surface area contributed by atoms with Gasteiger partial charge in [-0.2, -0.15) is 13.9 Å². The quantitative estimate of drug-likeness (QED) is 0.761. The lowest BCUT2D eigenvalue weighted by atomic mass is 9.73. The number of carbonyl (C=O) groups is 1. The largest absolute Gasteiger partial charge is 0.354 e. The Balaban J connectivity index is 2.13. The number of H-pyrrole nitrogens is 1. The van der Waals surface area contributed by atoms with Crippen LogP contribution in [0.2, 0.25) is 0 Å². The zero-order valence-electron chi connectivity index (χ0n) is 8.68. The van der Waals surface area contributed by atoms with Gasteiger partial charge in [0.1, 0.15) is 5.69 Å². The standard InChI is InChI=1S/C10H11F2N3O/c1-13-9(16)7-6-4-2-3-5(4)10(11,12)8(6)15-14-7/h4-5H,2-3H2,1H3,(H,13,16)(H,14,15)/t4?,5-/m1/s1. The highest BCUT2D eigenvalue weighted by atomic mass is 19.3. The van der Waals surface area contributed by atoms with Crippen molar-refractivity contribution in [3.05, 3.63) is 17.0 Å². The fraction of sp³-hybridized carbons (Fsp3) is 0.600. The highest BCUT2D eigenvalue weighted by molar-refractivity contribution is 5.94. The molecule has 0 bridgehead atoms. The maximum atomic E-state index is 13.8. The summed E-state index contributed by atoms with van der Waals surface area (Å²) in [7, 11) is 1.47. The average molecular weight is 227 g/mol. The number of rotatable bonds is 1. The van der Waals surface area contributed by atoms with Crippen molar-refractivity contribution in [2.75, 3.05) is 7.05 Å². The molecule has 2 atom stereocenters. The summed E-state index contributed by atoms with van der Waals surface area (Å²) in [6.07, 6.45) is 1.24. The lowest BCUT2D eigenvalue weighted by Gasteiger charge is -2.33. The van der Waals surface area contributed by atoms with Crippen molar-refractivity contribution in [2.45, 2.75) is 24.7 Å². The first kappa shape index (κ1) is 9.74. The van der Waals surface area contributed by atoms with Gasteiger partial charge in [-0.1, -0.05) is 0 Å². The van der Waals surface area contributed by atoms with Crippen LogP contribution in [-0.2, 0) is 5.92 Å². The van der Waals surface area contributed by atoms with Crippen LogP contribution in [0, 0.1) is 5.92 Å². The normalized spacial score (nSPS) is 29.2. The van der Waals surface area contributed by atoms with Crippen LogP contribution in [0.4, 0.5) is 8.78 Å². The predicted octanol–water partition coefficient (Wildman–Crippen LogP) is 1.37. The third-order valence-corrected chi connectivity index (χ3v) is 3.69. The topological polar surface area (TPSA) is 57.8 Å². The predicted molar refractivity (Wildman–Crippen MR) is 51.3 cm³/mol. The molecular weight excluding hydrogens is 216 g/mol. The van der Waals surface area contributed by atoms with Gasteiger partial charge in [-0.05, 0) is 18.8 Å². The first-order valence-electron chi connectivity index (χ1n) is 5.26. The van der Waals surface area contributed by atoms with E-state index < -0.39 is 17.7 Å². The summed E-state index contributed by atoms with van der Waals surface area (Å²) in [5.41, 5.74) is 0.406. The molecule has 1 amide bonds. The second-order valence-corrected chi connectivity index (χ2v) is 4.35. The van der Waals surface area contributed by atoms with E-state index in [1.54, 1.807) is 0 Å². The number of nitrogens with zero attached hydrogens (tertiary/aromatic N) is 1. The first-order chi connectivity index (χ1) is 7.57. The van der Waals surface area contributed by atoms with E-state index in [-0.39, 0.29) is 17.3 Å². The minimum atomic E-state index is -2.85. The van der Waals surface area contributed by atoms with E-state index in [0.717, 1.165) is 6.42 Å². The molecule has 1 aromatic rings. The number of aromatic amines is 1. The van der Waals surface area contributed by atoms with Gasteiger partial charge in [-0.3, -0.25) is 9.89 Å². The molecule has 0 spiro atoms. The maximum absolute atomic E-state index is 13.8. The number of nitrogens with one attached hydrogen (secondary N) is 2. The molecule has 2 N–H and O–H groups in total. The Labute approximate surface area is 90.4 Å². The number of hydrogen-bond donors (Lipinski definition) is 2. The van der Waals surface area contributed by atoms with E-state index in [1.165, 1.54) is 7.05 Å². The Morgan fingerprint density at radius 3 is 2.88 bits per heavy atom. The van der Waals surface area contributed by atoms with Gasteiger partial charge in [0.15, 0.2) is 5.69 Å². The summed E-state index contributed by atoms with van der Waals surface area (Å²) >= 11 is 0. The molecule has 2 aliphatic carbocycles. The van der Waals surface area contributed by atoms with Crippen LogP contribution in [0.5, 0.6) is 0 Å². The number of alkyl halides is 2. The Kier molecular flexibility index (Phi) is 1.71. The first-order valence-corrected chi connectivity index (χ1v) is 5.26. The second kappa shape index (κ2) is 2.81.